The van der Waals surface area contributed by atoms with Gasteiger partial charge in [-0.3, -0.25) is 9.59 Å². The minimum Gasteiger partial charge on any atom is -0.458 e. The largest absolute Gasteiger partial charge is 0.458 e. The summed E-state index contributed by atoms with van der Waals surface area (Å²) in [5.74, 6) is 1.58. The fourth-order valence-electron chi connectivity index (χ4n) is 3.73. The van der Waals surface area contributed by atoms with Crippen molar-refractivity contribution in [3.05, 3.63) is 95.6 Å². The zero-order valence-electron chi connectivity index (χ0n) is 21.6. The summed E-state index contributed by atoms with van der Waals surface area (Å²) < 4.78 is 6.09. The van der Waals surface area contributed by atoms with Gasteiger partial charge in [0.2, 0.25) is 0 Å². The molecule has 0 N–H and O–H groups in total. The lowest BCUT2D eigenvalue weighted by Crippen LogP contribution is -2.30. The molecule has 1 rings (SSSR count). The van der Waals surface area contributed by atoms with Crippen LogP contribution in [-0.4, -0.2) is 11.6 Å². The van der Waals surface area contributed by atoms with Crippen molar-refractivity contribution in [2.45, 2.75) is 67.7 Å². The van der Waals surface area contributed by atoms with Gasteiger partial charge in [0, 0.05) is 23.0 Å². The molecule has 0 amide bonds. The fourth-order valence-corrected chi connectivity index (χ4v) is 3.73. The van der Waals surface area contributed by atoms with Crippen molar-refractivity contribution >= 4 is 11.6 Å². The summed E-state index contributed by atoms with van der Waals surface area (Å²) in [5, 5.41) is 0. The second-order valence-electron chi connectivity index (χ2n) is 9.75. The van der Waals surface area contributed by atoms with Crippen molar-refractivity contribution in [1.82, 2.24) is 0 Å². The predicted molar refractivity (Wildman–Crippen MR) is 139 cm³/mol. The van der Waals surface area contributed by atoms with Gasteiger partial charge in [0.15, 0.2) is 11.6 Å². The number of hydrogen-bond acceptors (Lipinski definition) is 3. The van der Waals surface area contributed by atoms with Gasteiger partial charge in [-0.2, -0.15) is 0 Å². The highest BCUT2D eigenvalue weighted by Crippen LogP contribution is 2.39. The van der Waals surface area contributed by atoms with Crippen molar-refractivity contribution in [2.75, 3.05) is 0 Å². The summed E-state index contributed by atoms with van der Waals surface area (Å²) in [6, 6.07) is 0. The Kier molecular flexibility index (Phi) is 10.0. The first-order chi connectivity index (χ1) is 15.2. The molecule has 0 saturated carbocycles. The van der Waals surface area contributed by atoms with Gasteiger partial charge < -0.3 is 4.74 Å². The van der Waals surface area contributed by atoms with Gasteiger partial charge in [0.05, 0.1) is 0 Å². The van der Waals surface area contributed by atoms with E-state index in [-0.39, 0.29) is 11.6 Å². The second kappa shape index (κ2) is 11.8. The van der Waals surface area contributed by atoms with Crippen molar-refractivity contribution in [1.29, 1.82) is 0 Å². The van der Waals surface area contributed by atoms with Crippen molar-refractivity contribution in [3.63, 3.8) is 0 Å². The molecular weight excluding hydrogens is 408 g/mol. The average molecular weight is 449 g/mol. The zero-order chi connectivity index (χ0) is 25.5. The highest BCUT2D eigenvalue weighted by molar-refractivity contribution is 6.02. The molecule has 1 aliphatic rings. The number of Topliss-reactive ketones (excluding diaryl/α,β-unsaturated/α-hetero) is 2. The third kappa shape index (κ3) is 7.56. The molecule has 0 aromatic carbocycles. The third-order valence-electron chi connectivity index (χ3n) is 5.76. The van der Waals surface area contributed by atoms with Crippen LogP contribution in [0.4, 0.5) is 0 Å². The van der Waals surface area contributed by atoms with Gasteiger partial charge >= 0.3 is 0 Å². The van der Waals surface area contributed by atoms with E-state index in [4.69, 9.17) is 4.74 Å². The Bertz CT molecular complexity index is 988. The summed E-state index contributed by atoms with van der Waals surface area (Å²) in [6.07, 6.45) is 8.83. The number of ketones is 2. The normalized spacial score (nSPS) is 17.4. The monoisotopic (exact) mass is 448 g/mol. The first kappa shape index (κ1) is 28.1. The summed E-state index contributed by atoms with van der Waals surface area (Å²) in [6.45, 7) is 29.7. The maximum atomic E-state index is 12.7. The van der Waals surface area contributed by atoms with Crippen LogP contribution in [0.5, 0.6) is 0 Å². The van der Waals surface area contributed by atoms with E-state index >= 15 is 0 Å². The minimum atomic E-state index is -0.455. The van der Waals surface area contributed by atoms with Crippen LogP contribution in [0, 0.1) is 11.3 Å². The van der Waals surface area contributed by atoms with E-state index in [1.54, 1.807) is 24.3 Å². The smallest absolute Gasteiger partial charge is 0.165 e. The molecule has 178 valence electrons. The Balaban J connectivity index is 3.27. The van der Waals surface area contributed by atoms with Crippen LogP contribution in [0.3, 0.4) is 0 Å². The first-order valence-corrected chi connectivity index (χ1v) is 11.5. The maximum absolute atomic E-state index is 12.7. The van der Waals surface area contributed by atoms with E-state index in [1.165, 1.54) is 0 Å². The minimum absolute atomic E-state index is 0.00769. The van der Waals surface area contributed by atoms with Gasteiger partial charge in [-0.25, -0.2) is 0 Å². The van der Waals surface area contributed by atoms with Crippen molar-refractivity contribution < 1.29 is 14.3 Å². The molecule has 1 aliphatic carbocycles. The lowest BCUT2D eigenvalue weighted by molar-refractivity contribution is -0.123. The number of allylic oxidation sites excluding steroid dienone is 10. The molecule has 3 heteroatoms. The molecule has 0 unspecified atom stereocenters. The molecule has 0 bridgehead atoms. The van der Waals surface area contributed by atoms with Crippen LogP contribution in [0.25, 0.3) is 0 Å². The molecule has 0 aliphatic heterocycles. The molecule has 0 saturated heterocycles. The fraction of sp³-hybridized carbons (Fsp3) is 0.400. The van der Waals surface area contributed by atoms with E-state index < -0.39 is 5.41 Å². The van der Waals surface area contributed by atoms with E-state index in [9.17, 15) is 9.59 Å². The zero-order valence-corrected chi connectivity index (χ0v) is 21.6. The molecule has 0 aromatic heterocycles. The molecule has 0 spiro atoms. The number of hydrogen-bond donors (Lipinski definition) is 0. The van der Waals surface area contributed by atoms with Crippen LogP contribution in [-0.2, 0) is 14.3 Å². The Morgan fingerprint density at radius 2 is 1.82 bits per heavy atom. The summed E-state index contributed by atoms with van der Waals surface area (Å²) in [4.78, 5) is 25.4. The number of ether oxygens (including phenoxy) is 1. The molecule has 0 radical (unpaired) electrons. The van der Waals surface area contributed by atoms with E-state index in [2.05, 4.69) is 40.2 Å². The summed E-state index contributed by atoms with van der Waals surface area (Å²) in [5.41, 5.74) is 3.72. The van der Waals surface area contributed by atoms with Crippen molar-refractivity contribution in [3.8, 4) is 0 Å². The molecule has 33 heavy (non-hydrogen) atoms. The standard InChI is InChI=1S/C30H40O3/c1-12-24(16-26(20(5)6)22(8)28(31)15-14-19(3)4)33-25(13-2)17-27-21(7)18-30(10,11)29(32)23(27)9/h12-13,16-17,19H,2,5,7-8,14-15,18H2,1,3-4,6,9-11H3/b24-12+,25-17+,26-16-. The van der Waals surface area contributed by atoms with Gasteiger partial charge in [-0.15, -0.1) is 0 Å². The molecule has 3 nitrogen and oxygen atoms in total. The van der Waals surface area contributed by atoms with Crippen LogP contribution in [0.1, 0.15) is 67.7 Å². The number of carbonyl (C=O) groups excluding carboxylic acids is 2. The Hall–Kier alpha value is -2.94. The van der Waals surface area contributed by atoms with Gasteiger partial charge in [0.25, 0.3) is 0 Å². The maximum Gasteiger partial charge on any atom is 0.165 e. The Morgan fingerprint density at radius 3 is 2.30 bits per heavy atom. The van der Waals surface area contributed by atoms with Crippen LogP contribution in [0.2, 0.25) is 0 Å². The molecular formula is C30H40O3. The second-order valence-corrected chi connectivity index (χ2v) is 9.75. The average Bonchev–Trinajstić information content (AvgIpc) is 2.73. The van der Waals surface area contributed by atoms with Crippen molar-refractivity contribution in [2.24, 2.45) is 11.3 Å². The lowest BCUT2D eigenvalue weighted by atomic mass is 9.71. The Morgan fingerprint density at radius 1 is 1.21 bits per heavy atom. The molecule has 0 atom stereocenters. The summed E-state index contributed by atoms with van der Waals surface area (Å²) in [7, 11) is 0. The number of carbonyl (C=O) groups is 2. The quantitative estimate of drug-likeness (QED) is 0.183. The topological polar surface area (TPSA) is 43.4 Å². The molecule has 0 heterocycles. The van der Waals surface area contributed by atoms with E-state index in [0.717, 1.165) is 23.1 Å². The van der Waals surface area contributed by atoms with Crippen LogP contribution < -0.4 is 0 Å². The lowest BCUT2D eigenvalue weighted by Gasteiger charge is -2.31. The number of rotatable bonds is 11. The molecule has 0 fully saturated rings. The van der Waals surface area contributed by atoms with Gasteiger partial charge in [-0.1, -0.05) is 59.6 Å². The van der Waals surface area contributed by atoms with E-state index in [0.29, 0.717) is 47.0 Å². The Labute approximate surface area is 200 Å². The van der Waals surface area contributed by atoms with Crippen LogP contribution >= 0.6 is 0 Å². The van der Waals surface area contributed by atoms with Gasteiger partial charge in [-0.05, 0) is 80.6 Å². The SMILES string of the molecule is C=C/C(=C\C1=C(C)C(=O)C(C)(C)CC1=C)OC(/C=C(/C(=C)C)C(=C)C(=O)CCC(C)C)=C/C. The highest BCUT2D eigenvalue weighted by atomic mass is 16.5. The van der Waals surface area contributed by atoms with Gasteiger partial charge in [0.1, 0.15) is 11.5 Å². The molecule has 0 aromatic rings. The summed E-state index contributed by atoms with van der Waals surface area (Å²) >= 11 is 0. The predicted octanol–water partition coefficient (Wildman–Crippen LogP) is 7.91. The first-order valence-electron chi connectivity index (χ1n) is 11.5. The third-order valence-corrected chi connectivity index (χ3v) is 5.76. The van der Waals surface area contributed by atoms with Crippen LogP contribution in [0.15, 0.2) is 95.6 Å². The highest BCUT2D eigenvalue weighted by Gasteiger charge is 2.35. The van der Waals surface area contributed by atoms with E-state index in [1.807, 2.05) is 34.6 Å².